The Labute approximate surface area is 111 Å². The minimum atomic E-state index is -0.527. The lowest BCUT2D eigenvalue weighted by atomic mass is 9.92. The number of nitriles is 1. The van der Waals surface area contributed by atoms with E-state index in [0.29, 0.717) is 11.3 Å². The number of nitrogen functional groups attached to an aromatic ring is 1. The van der Waals surface area contributed by atoms with Crippen LogP contribution >= 0.6 is 0 Å². The molecule has 2 aromatic carbocycles. The minimum Gasteiger partial charge on any atom is -0.494 e. The molecule has 0 amide bonds. The molecule has 1 atom stereocenters. The fourth-order valence-electron chi connectivity index (χ4n) is 1.89. The van der Waals surface area contributed by atoms with Crippen LogP contribution in [0.4, 0.5) is 10.1 Å². The average molecular weight is 256 g/mol. The first kappa shape index (κ1) is 12.9. The number of benzene rings is 2. The highest BCUT2D eigenvalue weighted by atomic mass is 19.1. The van der Waals surface area contributed by atoms with Crippen LogP contribution in [0.5, 0.6) is 5.75 Å². The molecule has 0 spiro atoms. The third kappa shape index (κ3) is 2.66. The van der Waals surface area contributed by atoms with Gasteiger partial charge in [-0.1, -0.05) is 18.2 Å². The van der Waals surface area contributed by atoms with E-state index in [1.807, 2.05) is 0 Å². The summed E-state index contributed by atoms with van der Waals surface area (Å²) in [6.07, 6.45) is 0. The van der Waals surface area contributed by atoms with E-state index >= 15 is 0 Å². The summed E-state index contributed by atoms with van der Waals surface area (Å²) in [7, 11) is 1.40. The Morgan fingerprint density at radius 3 is 2.32 bits per heavy atom. The number of nitrogens with two attached hydrogens (primary N) is 1. The van der Waals surface area contributed by atoms with Gasteiger partial charge in [0.2, 0.25) is 0 Å². The van der Waals surface area contributed by atoms with E-state index in [-0.39, 0.29) is 5.75 Å². The molecule has 0 radical (unpaired) electrons. The topological polar surface area (TPSA) is 59.0 Å². The average Bonchev–Trinajstić information content (AvgIpc) is 2.42. The van der Waals surface area contributed by atoms with Crippen LogP contribution in [-0.2, 0) is 0 Å². The molecule has 0 aromatic heterocycles. The molecule has 2 rings (SSSR count). The van der Waals surface area contributed by atoms with Crippen LogP contribution in [-0.4, -0.2) is 7.11 Å². The molecule has 19 heavy (non-hydrogen) atoms. The largest absolute Gasteiger partial charge is 0.494 e. The maximum absolute atomic E-state index is 13.7. The second-order valence-electron chi connectivity index (χ2n) is 4.12. The zero-order valence-corrected chi connectivity index (χ0v) is 10.4. The quantitative estimate of drug-likeness (QED) is 0.858. The van der Waals surface area contributed by atoms with Gasteiger partial charge in [0.05, 0.1) is 19.1 Å². The van der Waals surface area contributed by atoms with Crippen LogP contribution in [0.1, 0.15) is 17.0 Å². The summed E-state index contributed by atoms with van der Waals surface area (Å²) >= 11 is 0. The van der Waals surface area contributed by atoms with Crippen molar-refractivity contribution in [1.29, 1.82) is 5.26 Å². The summed E-state index contributed by atoms with van der Waals surface area (Å²) in [5.41, 5.74) is 7.60. The number of hydrogen-bond acceptors (Lipinski definition) is 3. The van der Waals surface area contributed by atoms with E-state index in [9.17, 15) is 9.65 Å². The van der Waals surface area contributed by atoms with Crippen LogP contribution in [0, 0.1) is 17.1 Å². The molecule has 4 heteroatoms. The Bertz CT molecular complexity index is 617. The molecule has 2 N–H and O–H groups in total. The van der Waals surface area contributed by atoms with Gasteiger partial charge in [-0.15, -0.1) is 0 Å². The van der Waals surface area contributed by atoms with Gasteiger partial charge < -0.3 is 10.5 Å². The van der Waals surface area contributed by atoms with Crippen molar-refractivity contribution in [1.82, 2.24) is 0 Å². The van der Waals surface area contributed by atoms with Crippen molar-refractivity contribution in [2.45, 2.75) is 5.92 Å². The van der Waals surface area contributed by atoms with Crippen molar-refractivity contribution in [3.05, 3.63) is 59.4 Å². The molecule has 1 unspecified atom stereocenters. The molecular formula is C15H13FN2O. The fourth-order valence-corrected chi connectivity index (χ4v) is 1.89. The first-order valence-electron chi connectivity index (χ1n) is 5.74. The lowest BCUT2D eigenvalue weighted by Crippen LogP contribution is -2.00. The first-order chi connectivity index (χ1) is 9.15. The van der Waals surface area contributed by atoms with Gasteiger partial charge in [0.1, 0.15) is 0 Å². The van der Waals surface area contributed by atoms with Gasteiger partial charge in [0.15, 0.2) is 11.6 Å². The SMILES string of the molecule is COc1ccc(C(C#N)c2ccc(N)cc2)cc1F. The Kier molecular flexibility index (Phi) is 3.67. The zero-order valence-electron chi connectivity index (χ0n) is 10.4. The van der Waals surface area contributed by atoms with Gasteiger partial charge in [-0.2, -0.15) is 5.26 Å². The van der Waals surface area contributed by atoms with Crippen molar-refractivity contribution >= 4 is 5.69 Å². The van der Waals surface area contributed by atoms with Crippen LogP contribution in [0.15, 0.2) is 42.5 Å². The van der Waals surface area contributed by atoms with Gasteiger partial charge in [-0.05, 0) is 35.4 Å². The molecule has 0 saturated carbocycles. The number of anilines is 1. The highest BCUT2D eigenvalue weighted by Gasteiger charge is 2.15. The van der Waals surface area contributed by atoms with Crippen molar-refractivity contribution in [3.63, 3.8) is 0 Å². The van der Waals surface area contributed by atoms with E-state index in [1.54, 1.807) is 30.3 Å². The number of ether oxygens (including phenoxy) is 1. The summed E-state index contributed by atoms with van der Waals surface area (Å²) in [6.45, 7) is 0. The van der Waals surface area contributed by atoms with Crippen LogP contribution in [0.3, 0.4) is 0 Å². The van der Waals surface area contributed by atoms with Crippen molar-refractivity contribution < 1.29 is 9.13 Å². The lowest BCUT2D eigenvalue weighted by Gasteiger charge is -2.11. The van der Waals surface area contributed by atoms with Gasteiger partial charge in [0.25, 0.3) is 0 Å². The van der Waals surface area contributed by atoms with Crippen molar-refractivity contribution in [2.75, 3.05) is 12.8 Å². The fraction of sp³-hybridized carbons (Fsp3) is 0.133. The van der Waals surface area contributed by atoms with Crippen LogP contribution < -0.4 is 10.5 Å². The van der Waals surface area contributed by atoms with E-state index < -0.39 is 11.7 Å². The number of nitrogens with zero attached hydrogens (tertiary/aromatic N) is 1. The second kappa shape index (κ2) is 5.40. The molecule has 2 aromatic rings. The van der Waals surface area contributed by atoms with E-state index in [2.05, 4.69) is 6.07 Å². The normalized spacial score (nSPS) is 11.6. The molecule has 0 aliphatic rings. The number of methoxy groups -OCH3 is 1. The predicted molar refractivity (Wildman–Crippen MR) is 71.3 cm³/mol. The monoisotopic (exact) mass is 256 g/mol. The lowest BCUT2D eigenvalue weighted by molar-refractivity contribution is 0.386. The smallest absolute Gasteiger partial charge is 0.165 e. The molecule has 0 fully saturated rings. The first-order valence-corrected chi connectivity index (χ1v) is 5.74. The Morgan fingerprint density at radius 2 is 1.79 bits per heavy atom. The molecule has 0 aliphatic carbocycles. The Morgan fingerprint density at radius 1 is 1.16 bits per heavy atom. The molecule has 0 aliphatic heterocycles. The van der Waals surface area contributed by atoms with E-state index in [4.69, 9.17) is 10.5 Å². The Balaban J connectivity index is 2.40. The van der Waals surface area contributed by atoms with Gasteiger partial charge in [-0.3, -0.25) is 0 Å². The molecule has 0 saturated heterocycles. The maximum Gasteiger partial charge on any atom is 0.165 e. The minimum absolute atomic E-state index is 0.165. The molecule has 96 valence electrons. The van der Waals surface area contributed by atoms with Gasteiger partial charge >= 0.3 is 0 Å². The molecule has 3 nitrogen and oxygen atoms in total. The Hall–Kier alpha value is -2.54. The third-order valence-corrected chi connectivity index (χ3v) is 2.91. The molecule has 0 heterocycles. The summed E-state index contributed by atoms with van der Waals surface area (Å²) in [5.74, 6) is -0.838. The second-order valence-corrected chi connectivity index (χ2v) is 4.12. The summed E-state index contributed by atoms with van der Waals surface area (Å²) in [6, 6.07) is 13.7. The van der Waals surface area contributed by atoms with E-state index in [0.717, 1.165) is 5.56 Å². The summed E-state index contributed by atoms with van der Waals surface area (Å²) in [5, 5.41) is 9.28. The number of rotatable bonds is 3. The molecular weight excluding hydrogens is 243 g/mol. The molecule has 0 bridgehead atoms. The van der Waals surface area contributed by atoms with E-state index in [1.165, 1.54) is 19.2 Å². The van der Waals surface area contributed by atoms with Gasteiger partial charge in [0, 0.05) is 5.69 Å². The van der Waals surface area contributed by atoms with Crippen molar-refractivity contribution in [2.24, 2.45) is 0 Å². The number of hydrogen-bond donors (Lipinski definition) is 1. The highest BCUT2D eigenvalue weighted by Crippen LogP contribution is 2.28. The maximum atomic E-state index is 13.7. The third-order valence-electron chi connectivity index (χ3n) is 2.91. The standard InChI is InChI=1S/C15H13FN2O/c1-19-15-7-4-11(8-14(15)16)13(9-17)10-2-5-12(18)6-3-10/h2-8,13H,18H2,1H3. The summed E-state index contributed by atoms with van der Waals surface area (Å²) in [4.78, 5) is 0. The van der Waals surface area contributed by atoms with Crippen molar-refractivity contribution in [3.8, 4) is 11.8 Å². The van der Waals surface area contributed by atoms with Crippen LogP contribution in [0.25, 0.3) is 0 Å². The number of halogens is 1. The predicted octanol–water partition coefficient (Wildman–Crippen LogP) is 3.07. The van der Waals surface area contributed by atoms with Crippen LogP contribution in [0.2, 0.25) is 0 Å². The summed E-state index contributed by atoms with van der Waals surface area (Å²) < 4.78 is 18.5. The van der Waals surface area contributed by atoms with Gasteiger partial charge in [-0.25, -0.2) is 4.39 Å². The highest BCUT2D eigenvalue weighted by molar-refractivity contribution is 5.46. The zero-order chi connectivity index (χ0) is 13.8.